The first-order valence-electron chi connectivity index (χ1n) is 8.46. The number of likely N-dealkylation sites (tertiary alicyclic amines) is 1. The topological polar surface area (TPSA) is 32.7 Å². The molecule has 1 aromatic rings. The monoisotopic (exact) mass is 307 g/mol. The summed E-state index contributed by atoms with van der Waals surface area (Å²) < 4.78 is 18.4. The number of halogens is 1. The summed E-state index contributed by atoms with van der Waals surface area (Å²) in [5, 5.41) is 10.5. The van der Waals surface area contributed by atoms with E-state index in [1.807, 2.05) is 0 Å². The molecule has 2 fully saturated rings. The van der Waals surface area contributed by atoms with Crippen molar-refractivity contribution in [3.63, 3.8) is 0 Å². The molecular weight excluding hydrogens is 281 g/mol. The number of hydrogen-bond acceptors (Lipinski definition) is 3. The lowest BCUT2D eigenvalue weighted by Gasteiger charge is -2.36. The molecule has 1 N–H and O–H groups in total. The minimum atomic E-state index is -0.467. The molecule has 0 radical (unpaired) electrons. The molecule has 0 spiro atoms. The Morgan fingerprint density at radius 2 is 1.73 bits per heavy atom. The Labute approximate surface area is 132 Å². The normalized spacial score (nSPS) is 23.5. The molecule has 0 aliphatic carbocycles. The summed E-state index contributed by atoms with van der Waals surface area (Å²) in [6, 6.07) is 6.26. The van der Waals surface area contributed by atoms with E-state index in [0.717, 1.165) is 50.6 Å². The van der Waals surface area contributed by atoms with Crippen LogP contribution in [0.25, 0.3) is 0 Å². The van der Waals surface area contributed by atoms with Crippen LogP contribution in [0.1, 0.15) is 37.4 Å². The van der Waals surface area contributed by atoms with Crippen LogP contribution in [-0.4, -0.2) is 42.9 Å². The Kier molecular flexibility index (Phi) is 5.45. The van der Waals surface area contributed by atoms with Gasteiger partial charge in [-0.15, -0.1) is 0 Å². The SMILES string of the molecule is OC(c1ccc(F)cc1)C1CCN(CC2CCOCC2)CC1. The lowest BCUT2D eigenvalue weighted by Crippen LogP contribution is -2.39. The van der Waals surface area contributed by atoms with Gasteiger partial charge in [0.25, 0.3) is 0 Å². The van der Waals surface area contributed by atoms with Gasteiger partial charge in [-0.1, -0.05) is 12.1 Å². The Balaban J connectivity index is 1.47. The smallest absolute Gasteiger partial charge is 0.123 e. The number of benzene rings is 1. The largest absolute Gasteiger partial charge is 0.388 e. The molecule has 4 heteroatoms. The van der Waals surface area contributed by atoms with Crippen LogP contribution in [0.2, 0.25) is 0 Å². The first-order chi connectivity index (χ1) is 10.7. The summed E-state index contributed by atoms with van der Waals surface area (Å²) in [7, 11) is 0. The maximum absolute atomic E-state index is 13.0. The third kappa shape index (κ3) is 4.06. The molecular formula is C18H26FNO2. The van der Waals surface area contributed by atoms with Crippen molar-refractivity contribution in [2.75, 3.05) is 32.8 Å². The molecule has 1 atom stereocenters. The van der Waals surface area contributed by atoms with E-state index in [1.165, 1.54) is 31.5 Å². The number of aliphatic hydroxyl groups excluding tert-OH is 1. The number of nitrogens with zero attached hydrogens (tertiary/aromatic N) is 1. The number of aliphatic hydroxyl groups is 1. The molecule has 2 aliphatic heterocycles. The van der Waals surface area contributed by atoms with Crippen molar-refractivity contribution in [1.29, 1.82) is 0 Å². The molecule has 0 aromatic heterocycles. The van der Waals surface area contributed by atoms with Crippen LogP contribution < -0.4 is 0 Å². The van der Waals surface area contributed by atoms with Crippen molar-refractivity contribution in [2.45, 2.75) is 31.8 Å². The lowest BCUT2D eigenvalue weighted by atomic mass is 9.87. The van der Waals surface area contributed by atoms with Gasteiger partial charge in [-0.3, -0.25) is 0 Å². The fraction of sp³-hybridized carbons (Fsp3) is 0.667. The van der Waals surface area contributed by atoms with Crippen LogP contribution in [-0.2, 0) is 4.74 Å². The van der Waals surface area contributed by atoms with Crippen LogP contribution >= 0.6 is 0 Å². The van der Waals surface area contributed by atoms with Crippen molar-refractivity contribution in [3.05, 3.63) is 35.6 Å². The average molecular weight is 307 g/mol. The summed E-state index contributed by atoms with van der Waals surface area (Å²) in [6.45, 7) is 5.10. The Hall–Kier alpha value is -0.970. The van der Waals surface area contributed by atoms with E-state index in [0.29, 0.717) is 0 Å². The Bertz CT molecular complexity index is 451. The number of hydrogen-bond donors (Lipinski definition) is 1. The number of rotatable bonds is 4. The summed E-state index contributed by atoms with van der Waals surface area (Å²) in [6.07, 6.45) is 3.92. The highest BCUT2D eigenvalue weighted by atomic mass is 19.1. The highest BCUT2D eigenvalue weighted by molar-refractivity contribution is 5.19. The highest BCUT2D eigenvalue weighted by Crippen LogP contribution is 2.31. The third-order valence-corrected chi connectivity index (χ3v) is 5.15. The van der Waals surface area contributed by atoms with Gasteiger partial charge in [0.1, 0.15) is 5.82 Å². The summed E-state index contributed by atoms with van der Waals surface area (Å²) in [4.78, 5) is 2.53. The van der Waals surface area contributed by atoms with E-state index in [9.17, 15) is 9.50 Å². The minimum Gasteiger partial charge on any atom is -0.388 e. The second kappa shape index (κ2) is 7.53. The maximum Gasteiger partial charge on any atom is 0.123 e. The van der Waals surface area contributed by atoms with Gasteiger partial charge >= 0.3 is 0 Å². The average Bonchev–Trinajstić information content (AvgIpc) is 2.57. The summed E-state index contributed by atoms with van der Waals surface area (Å²) >= 11 is 0. The second-order valence-electron chi connectivity index (χ2n) is 6.69. The fourth-order valence-electron chi connectivity index (χ4n) is 3.68. The number of ether oxygens (including phenoxy) is 1. The van der Waals surface area contributed by atoms with Gasteiger partial charge in [-0.2, -0.15) is 0 Å². The molecule has 3 rings (SSSR count). The Morgan fingerprint density at radius 1 is 1.09 bits per heavy atom. The molecule has 2 heterocycles. The van der Waals surface area contributed by atoms with Gasteiger partial charge in [0.2, 0.25) is 0 Å². The molecule has 22 heavy (non-hydrogen) atoms. The lowest BCUT2D eigenvalue weighted by molar-refractivity contribution is 0.0301. The molecule has 0 bridgehead atoms. The standard InChI is InChI=1S/C18H26FNO2/c19-17-3-1-15(2-4-17)18(21)16-5-9-20(10-6-16)13-14-7-11-22-12-8-14/h1-4,14,16,18,21H,5-13H2. The Morgan fingerprint density at radius 3 is 2.36 bits per heavy atom. The van der Waals surface area contributed by atoms with Crippen molar-refractivity contribution in [2.24, 2.45) is 11.8 Å². The van der Waals surface area contributed by atoms with Gasteiger partial charge in [0, 0.05) is 19.8 Å². The maximum atomic E-state index is 13.0. The van der Waals surface area contributed by atoms with Crippen LogP contribution in [0, 0.1) is 17.7 Å². The number of piperidine rings is 1. The van der Waals surface area contributed by atoms with E-state index >= 15 is 0 Å². The molecule has 0 amide bonds. The quantitative estimate of drug-likeness (QED) is 0.928. The van der Waals surface area contributed by atoms with Gasteiger partial charge in [-0.05, 0) is 68.3 Å². The fourth-order valence-corrected chi connectivity index (χ4v) is 3.68. The third-order valence-electron chi connectivity index (χ3n) is 5.15. The van der Waals surface area contributed by atoms with Crippen LogP contribution in [0.15, 0.2) is 24.3 Å². The molecule has 3 nitrogen and oxygen atoms in total. The van der Waals surface area contributed by atoms with Crippen LogP contribution in [0.5, 0.6) is 0 Å². The minimum absolute atomic E-state index is 0.248. The van der Waals surface area contributed by atoms with E-state index in [1.54, 1.807) is 12.1 Å². The predicted octanol–water partition coefficient (Wildman–Crippen LogP) is 3.00. The van der Waals surface area contributed by atoms with Crippen molar-refractivity contribution < 1.29 is 14.2 Å². The van der Waals surface area contributed by atoms with E-state index in [4.69, 9.17) is 4.74 Å². The first kappa shape index (κ1) is 15.9. The first-order valence-corrected chi connectivity index (χ1v) is 8.46. The molecule has 122 valence electrons. The highest BCUT2D eigenvalue weighted by Gasteiger charge is 2.27. The van der Waals surface area contributed by atoms with Crippen molar-refractivity contribution in [3.8, 4) is 0 Å². The van der Waals surface area contributed by atoms with Crippen LogP contribution in [0.4, 0.5) is 4.39 Å². The van der Waals surface area contributed by atoms with Gasteiger partial charge in [0.15, 0.2) is 0 Å². The molecule has 1 aromatic carbocycles. The summed E-state index contributed by atoms with van der Waals surface area (Å²) in [5.74, 6) is 0.811. The predicted molar refractivity (Wildman–Crippen MR) is 84.1 cm³/mol. The van der Waals surface area contributed by atoms with Gasteiger partial charge < -0.3 is 14.7 Å². The zero-order valence-electron chi connectivity index (χ0n) is 13.1. The van der Waals surface area contributed by atoms with E-state index in [2.05, 4.69) is 4.90 Å². The second-order valence-corrected chi connectivity index (χ2v) is 6.69. The van der Waals surface area contributed by atoms with Gasteiger partial charge in [-0.25, -0.2) is 4.39 Å². The summed E-state index contributed by atoms with van der Waals surface area (Å²) in [5.41, 5.74) is 0.837. The molecule has 1 unspecified atom stereocenters. The van der Waals surface area contributed by atoms with E-state index < -0.39 is 6.10 Å². The zero-order valence-corrected chi connectivity index (χ0v) is 13.1. The molecule has 2 aliphatic rings. The van der Waals surface area contributed by atoms with Crippen molar-refractivity contribution >= 4 is 0 Å². The van der Waals surface area contributed by atoms with E-state index in [-0.39, 0.29) is 11.7 Å². The molecule has 0 saturated carbocycles. The molecule has 2 saturated heterocycles. The van der Waals surface area contributed by atoms with Gasteiger partial charge in [0.05, 0.1) is 6.10 Å². The van der Waals surface area contributed by atoms with Crippen molar-refractivity contribution in [1.82, 2.24) is 4.90 Å². The zero-order chi connectivity index (χ0) is 15.4. The van der Waals surface area contributed by atoms with Crippen LogP contribution in [0.3, 0.4) is 0 Å².